The summed E-state index contributed by atoms with van der Waals surface area (Å²) >= 11 is 5.77. The van der Waals surface area contributed by atoms with Crippen molar-refractivity contribution in [1.82, 2.24) is 9.80 Å². The van der Waals surface area contributed by atoms with Crippen molar-refractivity contribution in [3.63, 3.8) is 0 Å². The number of phenols is 1. The molecule has 1 N–H and O–H groups in total. The molecule has 4 aliphatic rings. The molecule has 2 aliphatic carbocycles. The first-order valence-electron chi connectivity index (χ1n) is 14.4. The topological polar surface area (TPSA) is 35.9 Å². The SMILES string of the molecule is Oc1ccc2c(CC3=CC(Br)=C(CN4CCCC4)CC3)c(C3C=CC(OCCN4CCCC4)=CC3)sc2c1. The summed E-state index contributed by atoms with van der Waals surface area (Å²) in [4.78, 5) is 6.52. The predicted octanol–water partition coefficient (Wildman–Crippen LogP) is 7.65. The van der Waals surface area contributed by atoms with E-state index in [0.29, 0.717) is 11.7 Å². The highest BCUT2D eigenvalue weighted by Gasteiger charge is 2.24. The van der Waals surface area contributed by atoms with Gasteiger partial charge in [0.05, 0.1) is 0 Å². The second kappa shape index (κ2) is 12.1. The Morgan fingerprint density at radius 2 is 1.82 bits per heavy atom. The predicted molar refractivity (Wildman–Crippen MR) is 162 cm³/mol. The Hall–Kier alpha value is -1.86. The van der Waals surface area contributed by atoms with Crippen molar-refractivity contribution in [2.24, 2.45) is 0 Å². The number of allylic oxidation sites excluding steroid dienone is 6. The Morgan fingerprint density at radius 1 is 1.03 bits per heavy atom. The van der Waals surface area contributed by atoms with Crippen molar-refractivity contribution in [3.8, 4) is 5.75 Å². The molecule has 4 nitrogen and oxygen atoms in total. The summed E-state index contributed by atoms with van der Waals surface area (Å²) in [5, 5.41) is 11.5. The van der Waals surface area contributed by atoms with Crippen LogP contribution in [0, 0.1) is 0 Å². The Kier molecular flexibility index (Phi) is 8.41. The Labute approximate surface area is 239 Å². The van der Waals surface area contributed by atoms with Gasteiger partial charge in [-0.25, -0.2) is 0 Å². The molecule has 202 valence electrons. The fraction of sp³-hybridized carbons (Fsp3) is 0.500. The number of fused-ring (bicyclic) bond motifs is 1. The second-order valence-corrected chi connectivity index (χ2v) is 13.2. The van der Waals surface area contributed by atoms with Gasteiger partial charge < -0.3 is 9.84 Å². The quantitative estimate of drug-likeness (QED) is 0.323. The second-order valence-electron chi connectivity index (χ2n) is 11.2. The van der Waals surface area contributed by atoms with Crippen molar-refractivity contribution < 1.29 is 9.84 Å². The zero-order chi connectivity index (χ0) is 25.9. The van der Waals surface area contributed by atoms with Crippen LogP contribution in [0.25, 0.3) is 10.1 Å². The minimum Gasteiger partial charge on any atom is -0.508 e. The van der Waals surface area contributed by atoms with E-state index in [1.165, 1.54) is 82.4 Å². The normalized spacial score (nSPS) is 22.9. The van der Waals surface area contributed by atoms with Gasteiger partial charge in [-0.1, -0.05) is 27.6 Å². The van der Waals surface area contributed by atoms with Gasteiger partial charge in [0.15, 0.2) is 0 Å². The molecule has 1 atom stereocenters. The fourth-order valence-corrected chi connectivity index (χ4v) is 8.35. The number of hydrogen-bond donors (Lipinski definition) is 1. The van der Waals surface area contributed by atoms with Crippen LogP contribution in [0.1, 0.15) is 61.3 Å². The van der Waals surface area contributed by atoms with E-state index in [2.05, 4.69) is 56.1 Å². The minimum absolute atomic E-state index is 0.346. The number of hydrogen-bond acceptors (Lipinski definition) is 5. The first kappa shape index (κ1) is 26.4. The van der Waals surface area contributed by atoms with Gasteiger partial charge in [0.2, 0.25) is 0 Å². The van der Waals surface area contributed by atoms with Gasteiger partial charge in [0.25, 0.3) is 0 Å². The smallest absolute Gasteiger partial charge is 0.117 e. The van der Waals surface area contributed by atoms with Crippen LogP contribution in [0.3, 0.4) is 0 Å². The van der Waals surface area contributed by atoms with E-state index in [4.69, 9.17) is 4.74 Å². The maximum Gasteiger partial charge on any atom is 0.117 e. The summed E-state index contributed by atoms with van der Waals surface area (Å²) in [6.07, 6.45) is 18.7. The Bertz CT molecular complexity index is 1280. The number of nitrogens with zero attached hydrogens (tertiary/aromatic N) is 2. The highest BCUT2D eigenvalue weighted by atomic mass is 79.9. The van der Waals surface area contributed by atoms with E-state index < -0.39 is 0 Å². The van der Waals surface area contributed by atoms with Crippen LogP contribution < -0.4 is 0 Å². The van der Waals surface area contributed by atoms with E-state index in [9.17, 15) is 5.11 Å². The maximum absolute atomic E-state index is 10.2. The van der Waals surface area contributed by atoms with Crippen LogP contribution in [-0.2, 0) is 11.2 Å². The monoisotopic (exact) mass is 594 g/mol. The van der Waals surface area contributed by atoms with Crippen LogP contribution >= 0.6 is 27.3 Å². The molecule has 6 rings (SSSR count). The zero-order valence-corrected chi connectivity index (χ0v) is 24.7. The molecule has 2 aromatic rings. The molecule has 1 aromatic carbocycles. The van der Waals surface area contributed by atoms with Crippen molar-refractivity contribution >= 4 is 37.4 Å². The molecule has 2 fully saturated rings. The summed E-state index contributed by atoms with van der Waals surface area (Å²) in [7, 11) is 0. The van der Waals surface area contributed by atoms with Crippen LogP contribution in [0.5, 0.6) is 5.75 Å². The Balaban J connectivity index is 1.17. The molecule has 0 radical (unpaired) electrons. The summed E-state index contributed by atoms with van der Waals surface area (Å²) in [5.74, 6) is 1.71. The lowest BCUT2D eigenvalue weighted by Gasteiger charge is -2.23. The van der Waals surface area contributed by atoms with E-state index in [1.807, 2.05) is 23.5 Å². The van der Waals surface area contributed by atoms with Gasteiger partial charge in [-0.2, -0.15) is 0 Å². The van der Waals surface area contributed by atoms with Gasteiger partial charge >= 0.3 is 0 Å². The van der Waals surface area contributed by atoms with Crippen LogP contribution in [0.15, 0.2) is 63.9 Å². The molecule has 3 heterocycles. The molecule has 0 bridgehead atoms. The number of benzene rings is 1. The van der Waals surface area contributed by atoms with Crippen LogP contribution in [-0.4, -0.2) is 60.8 Å². The average Bonchev–Trinajstić information content (AvgIpc) is 3.69. The molecular weight excluding hydrogens is 556 g/mol. The van der Waals surface area contributed by atoms with E-state index >= 15 is 0 Å². The number of likely N-dealkylation sites (tertiary alicyclic amines) is 2. The third-order valence-electron chi connectivity index (χ3n) is 8.52. The zero-order valence-electron chi connectivity index (χ0n) is 22.3. The largest absolute Gasteiger partial charge is 0.508 e. The van der Waals surface area contributed by atoms with Gasteiger partial charge in [-0.05, 0) is 130 Å². The number of halogens is 1. The third-order valence-corrected chi connectivity index (χ3v) is 10.6. The number of ether oxygens (including phenoxy) is 1. The van der Waals surface area contributed by atoms with Gasteiger partial charge in [0, 0.05) is 33.1 Å². The van der Waals surface area contributed by atoms with E-state index in [0.717, 1.165) is 51.1 Å². The van der Waals surface area contributed by atoms with Crippen LogP contribution in [0.4, 0.5) is 0 Å². The molecule has 2 aliphatic heterocycles. The van der Waals surface area contributed by atoms with Gasteiger partial charge in [-0.3, -0.25) is 9.80 Å². The van der Waals surface area contributed by atoms with Crippen molar-refractivity contribution in [2.45, 2.75) is 57.3 Å². The van der Waals surface area contributed by atoms with Crippen LogP contribution in [0.2, 0.25) is 0 Å². The highest BCUT2D eigenvalue weighted by Crippen LogP contribution is 2.43. The van der Waals surface area contributed by atoms with E-state index in [-0.39, 0.29) is 0 Å². The lowest BCUT2D eigenvalue weighted by Crippen LogP contribution is -2.23. The number of thiophene rings is 1. The minimum atomic E-state index is 0.346. The standard InChI is InChI=1S/C32H39BrN2O2S/c33-30-20-23(5-6-25(30)22-35-15-3-4-16-35)19-29-28-12-9-26(36)21-31(28)38-32(29)24-7-10-27(11-8-24)37-18-17-34-13-1-2-14-34/h7,9-12,20-21,24,36H,1-6,8,13-19,22H2. The lowest BCUT2D eigenvalue weighted by molar-refractivity contribution is 0.178. The summed E-state index contributed by atoms with van der Waals surface area (Å²) in [6, 6.07) is 5.88. The molecular formula is C32H39BrN2O2S. The van der Waals surface area contributed by atoms with Crippen molar-refractivity contribution in [2.75, 3.05) is 45.9 Å². The lowest BCUT2D eigenvalue weighted by atomic mass is 9.88. The summed E-state index contributed by atoms with van der Waals surface area (Å²) in [5.41, 5.74) is 4.48. The highest BCUT2D eigenvalue weighted by molar-refractivity contribution is 9.11. The number of phenolic OH excluding ortho intramolecular Hbond substituents is 1. The van der Waals surface area contributed by atoms with Crippen molar-refractivity contribution in [1.29, 1.82) is 0 Å². The summed E-state index contributed by atoms with van der Waals surface area (Å²) in [6.45, 7) is 7.82. The number of aromatic hydroxyl groups is 1. The van der Waals surface area contributed by atoms with Crippen molar-refractivity contribution in [3.05, 3.63) is 74.3 Å². The molecule has 1 unspecified atom stereocenters. The molecule has 38 heavy (non-hydrogen) atoms. The van der Waals surface area contributed by atoms with Gasteiger partial charge in [0.1, 0.15) is 18.1 Å². The number of rotatable bonds is 9. The third kappa shape index (κ3) is 6.14. The van der Waals surface area contributed by atoms with Gasteiger partial charge in [-0.15, -0.1) is 11.3 Å². The molecule has 0 spiro atoms. The maximum atomic E-state index is 10.2. The molecule has 0 saturated carbocycles. The first-order valence-corrected chi connectivity index (χ1v) is 16.0. The molecule has 2 saturated heterocycles. The molecule has 6 heteroatoms. The molecule has 1 aromatic heterocycles. The average molecular weight is 596 g/mol. The first-order chi connectivity index (χ1) is 18.6. The molecule has 0 amide bonds. The Morgan fingerprint density at radius 3 is 2.55 bits per heavy atom. The fourth-order valence-electron chi connectivity index (χ4n) is 6.36. The van der Waals surface area contributed by atoms with E-state index in [1.54, 1.807) is 5.57 Å². The summed E-state index contributed by atoms with van der Waals surface area (Å²) < 4.78 is 8.58.